The second kappa shape index (κ2) is 12.8. The zero-order valence-corrected chi connectivity index (χ0v) is 23.5. The van der Waals surface area contributed by atoms with Crippen LogP contribution in [-0.2, 0) is 15.6 Å². The number of ether oxygens (including phenoxy) is 3. The van der Waals surface area contributed by atoms with Gasteiger partial charge in [0.05, 0.1) is 21.3 Å². The third kappa shape index (κ3) is 6.93. The van der Waals surface area contributed by atoms with Gasteiger partial charge in [-0.1, -0.05) is 87.5 Å². The lowest BCUT2D eigenvalue weighted by Crippen LogP contribution is -2.52. The first-order valence-corrected chi connectivity index (χ1v) is 13.8. The smallest absolute Gasteiger partial charge is 0.331 e. The maximum atomic E-state index is 12.7. The maximum Gasteiger partial charge on any atom is 0.331 e. The summed E-state index contributed by atoms with van der Waals surface area (Å²) < 4.78 is 23.3. The van der Waals surface area contributed by atoms with Crippen molar-refractivity contribution in [2.45, 2.75) is 39.7 Å². The van der Waals surface area contributed by atoms with Gasteiger partial charge in [0, 0.05) is 0 Å². The minimum Gasteiger partial charge on any atom is -0.493 e. The number of carbonyl (C=O) groups is 1. The third-order valence-electron chi connectivity index (χ3n) is 6.55. The van der Waals surface area contributed by atoms with Gasteiger partial charge in [0.1, 0.15) is 6.10 Å². The maximum absolute atomic E-state index is 12.7. The molecule has 3 aromatic carbocycles. The molecule has 6 nitrogen and oxygen atoms in total. The van der Waals surface area contributed by atoms with Crippen LogP contribution in [0.5, 0.6) is 17.2 Å². The SMILES string of the molecule is COc1ccc(CCC(C(O[Si](c2ccccc2)c2ccccc2)C(=O)O)C(C)(C)C)c(OC)c1OC. The van der Waals surface area contributed by atoms with Gasteiger partial charge in [0.15, 0.2) is 11.5 Å². The molecule has 7 heteroatoms. The summed E-state index contributed by atoms with van der Waals surface area (Å²) in [7, 11) is 2.95. The third-order valence-corrected chi connectivity index (χ3v) is 8.75. The van der Waals surface area contributed by atoms with Crippen molar-refractivity contribution in [3.63, 3.8) is 0 Å². The highest BCUT2D eigenvalue weighted by atomic mass is 28.3. The Morgan fingerprint density at radius 1 is 0.811 bits per heavy atom. The Morgan fingerprint density at radius 2 is 1.35 bits per heavy atom. The van der Waals surface area contributed by atoms with Gasteiger partial charge in [-0.3, -0.25) is 0 Å². The molecule has 1 N–H and O–H groups in total. The first kappa shape index (κ1) is 28.3. The molecule has 1 radical (unpaired) electrons. The summed E-state index contributed by atoms with van der Waals surface area (Å²) >= 11 is 0. The number of benzene rings is 3. The average molecular weight is 522 g/mol. The lowest BCUT2D eigenvalue weighted by atomic mass is 9.74. The van der Waals surface area contributed by atoms with Crippen molar-refractivity contribution >= 4 is 25.4 Å². The van der Waals surface area contributed by atoms with E-state index in [-0.39, 0.29) is 11.3 Å². The molecular formula is C30H37O6Si. The van der Waals surface area contributed by atoms with E-state index in [4.69, 9.17) is 18.6 Å². The van der Waals surface area contributed by atoms with Gasteiger partial charge < -0.3 is 23.7 Å². The van der Waals surface area contributed by atoms with Gasteiger partial charge in [-0.25, -0.2) is 4.79 Å². The molecule has 0 aliphatic rings. The summed E-state index contributed by atoms with van der Waals surface area (Å²) in [6, 6.07) is 23.6. The largest absolute Gasteiger partial charge is 0.493 e. The van der Waals surface area contributed by atoms with Crippen LogP contribution in [0, 0.1) is 11.3 Å². The van der Waals surface area contributed by atoms with Crippen molar-refractivity contribution in [2.75, 3.05) is 21.3 Å². The zero-order chi connectivity index (χ0) is 27.0. The van der Waals surface area contributed by atoms with Crippen LogP contribution < -0.4 is 24.6 Å². The molecule has 197 valence electrons. The van der Waals surface area contributed by atoms with E-state index < -0.39 is 21.1 Å². The van der Waals surface area contributed by atoms with Crippen molar-refractivity contribution in [2.24, 2.45) is 11.3 Å². The molecule has 0 amide bonds. The molecule has 2 unspecified atom stereocenters. The van der Waals surface area contributed by atoms with Crippen LogP contribution in [0.15, 0.2) is 72.8 Å². The lowest BCUT2D eigenvalue weighted by Gasteiger charge is -2.37. The Labute approximate surface area is 221 Å². The fraction of sp³-hybridized carbons (Fsp3) is 0.367. The zero-order valence-electron chi connectivity index (χ0n) is 22.5. The Bertz CT molecular complexity index is 1100. The van der Waals surface area contributed by atoms with E-state index >= 15 is 0 Å². The number of carboxylic acid groups (broad SMARTS) is 1. The van der Waals surface area contributed by atoms with Crippen molar-refractivity contribution in [3.8, 4) is 17.2 Å². The van der Waals surface area contributed by atoms with Crippen molar-refractivity contribution < 1.29 is 28.5 Å². The molecule has 0 aliphatic heterocycles. The van der Waals surface area contributed by atoms with Crippen LogP contribution in [0.2, 0.25) is 0 Å². The van der Waals surface area contributed by atoms with E-state index in [1.165, 1.54) is 0 Å². The molecule has 37 heavy (non-hydrogen) atoms. The number of methoxy groups -OCH3 is 3. The van der Waals surface area contributed by atoms with E-state index in [2.05, 4.69) is 20.8 Å². The van der Waals surface area contributed by atoms with Gasteiger partial charge in [0.2, 0.25) is 5.75 Å². The lowest BCUT2D eigenvalue weighted by molar-refractivity contribution is -0.150. The van der Waals surface area contributed by atoms with Crippen molar-refractivity contribution in [1.82, 2.24) is 0 Å². The molecule has 0 aromatic heterocycles. The number of carboxylic acids is 1. The summed E-state index contributed by atoms with van der Waals surface area (Å²) in [6.45, 7) is 6.21. The summed E-state index contributed by atoms with van der Waals surface area (Å²) in [5, 5.41) is 12.5. The number of hydrogen-bond acceptors (Lipinski definition) is 5. The van der Waals surface area contributed by atoms with E-state index in [0.29, 0.717) is 30.1 Å². The molecular weight excluding hydrogens is 484 g/mol. The van der Waals surface area contributed by atoms with Gasteiger partial charge in [0.25, 0.3) is 9.04 Å². The molecule has 3 rings (SSSR count). The second-order valence-corrected chi connectivity index (χ2v) is 12.0. The fourth-order valence-electron chi connectivity index (χ4n) is 4.62. The Kier molecular flexibility index (Phi) is 9.77. The van der Waals surface area contributed by atoms with Gasteiger partial charge >= 0.3 is 5.97 Å². The van der Waals surface area contributed by atoms with E-state index in [1.54, 1.807) is 21.3 Å². The molecule has 2 atom stereocenters. The Balaban J connectivity index is 1.96. The summed E-state index contributed by atoms with van der Waals surface area (Å²) in [5.41, 5.74) is 0.600. The number of aliphatic carboxylic acids is 1. The first-order chi connectivity index (χ1) is 17.7. The summed E-state index contributed by atoms with van der Waals surface area (Å²) in [6.07, 6.45) is 0.197. The predicted octanol–water partition coefficient (Wildman–Crippen LogP) is 4.58. The minimum absolute atomic E-state index is 0.268. The predicted molar refractivity (Wildman–Crippen MR) is 148 cm³/mol. The molecule has 0 saturated heterocycles. The number of aryl methyl sites for hydroxylation is 1. The highest BCUT2D eigenvalue weighted by molar-refractivity contribution is 6.80. The quantitative estimate of drug-likeness (QED) is 0.352. The normalized spacial score (nSPS) is 13.2. The summed E-state index contributed by atoms with van der Waals surface area (Å²) in [4.78, 5) is 12.7. The molecule has 0 heterocycles. The van der Waals surface area contributed by atoms with Crippen LogP contribution in [0.3, 0.4) is 0 Å². The molecule has 3 aromatic rings. The average Bonchev–Trinajstić information content (AvgIpc) is 2.89. The minimum atomic E-state index is -1.80. The molecule has 0 bridgehead atoms. The van der Waals surface area contributed by atoms with E-state index in [1.807, 2.05) is 72.8 Å². The Hall–Kier alpha value is -3.29. The molecule has 0 saturated carbocycles. The van der Waals surface area contributed by atoms with Crippen LogP contribution in [0.25, 0.3) is 0 Å². The van der Waals surface area contributed by atoms with Crippen LogP contribution in [0.4, 0.5) is 0 Å². The summed E-state index contributed by atoms with van der Waals surface area (Å²) in [5.74, 6) is 0.490. The number of rotatable bonds is 12. The molecule has 0 fully saturated rings. The standard InChI is InChI=1S/C30H37O6Si/c1-30(2,3)24(19-17-21-18-20-25(33-4)28(35-6)26(21)34-5)27(29(31)32)36-37(22-13-9-7-10-14-22)23-15-11-8-12-16-23/h7-16,18,20,24,27H,17,19H2,1-6H3,(H,31,32). The first-order valence-electron chi connectivity index (χ1n) is 12.4. The second-order valence-electron chi connectivity index (χ2n) is 9.94. The van der Waals surface area contributed by atoms with Crippen molar-refractivity contribution in [1.29, 1.82) is 0 Å². The van der Waals surface area contributed by atoms with Crippen molar-refractivity contribution in [3.05, 3.63) is 78.4 Å². The molecule has 0 spiro atoms. The van der Waals surface area contributed by atoms with Crippen LogP contribution >= 0.6 is 0 Å². The molecule has 0 aliphatic carbocycles. The Morgan fingerprint density at radius 3 is 1.78 bits per heavy atom. The van der Waals surface area contributed by atoms with E-state index in [9.17, 15) is 9.90 Å². The highest BCUT2D eigenvalue weighted by Gasteiger charge is 2.40. The van der Waals surface area contributed by atoms with Gasteiger partial charge in [-0.2, -0.15) is 0 Å². The number of hydrogen-bond donors (Lipinski definition) is 1. The van der Waals surface area contributed by atoms with Crippen LogP contribution in [0.1, 0.15) is 32.8 Å². The van der Waals surface area contributed by atoms with Gasteiger partial charge in [-0.05, 0) is 46.2 Å². The fourth-order valence-corrected chi connectivity index (χ4v) is 6.74. The highest BCUT2D eigenvalue weighted by Crippen LogP contribution is 2.42. The monoisotopic (exact) mass is 521 g/mol. The van der Waals surface area contributed by atoms with Crippen LogP contribution in [-0.4, -0.2) is 47.5 Å². The van der Waals surface area contributed by atoms with E-state index in [0.717, 1.165) is 15.9 Å². The van der Waals surface area contributed by atoms with Gasteiger partial charge in [-0.15, -0.1) is 0 Å². The topological polar surface area (TPSA) is 74.2 Å².